The first-order chi connectivity index (χ1) is 14.6. The highest BCUT2D eigenvalue weighted by Gasteiger charge is 2.37. The number of aromatic amines is 1. The Morgan fingerprint density at radius 1 is 0.767 bits per heavy atom. The molecule has 1 aromatic heterocycles. The maximum Gasteiger partial charge on any atom is 0.602 e. The van der Waals surface area contributed by atoms with Crippen molar-refractivity contribution >= 4 is 35.2 Å². The van der Waals surface area contributed by atoms with Gasteiger partial charge in [-0.25, -0.2) is 0 Å². The van der Waals surface area contributed by atoms with Crippen LogP contribution in [0.5, 0.6) is 0 Å². The van der Waals surface area contributed by atoms with E-state index in [1.165, 1.54) is 4.49 Å². The van der Waals surface area contributed by atoms with Gasteiger partial charge in [0.25, 0.3) is 0 Å². The number of nitrogens with zero attached hydrogens (tertiary/aromatic N) is 1. The van der Waals surface area contributed by atoms with E-state index in [0.717, 1.165) is 44.4 Å². The van der Waals surface area contributed by atoms with E-state index in [4.69, 9.17) is 0 Å². The molecule has 0 saturated carbocycles. The van der Waals surface area contributed by atoms with Gasteiger partial charge in [0.15, 0.2) is 5.70 Å². The normalized spacial score (nSPS) is 15.2. The molecule has 148 valence electrons. The fourth-order valence-electron chi connectivity index (χ4n) is 4.58. The first-order valence-corrected chi connectivity index (χ1v) is 10.1. The van der Waals surface area contributed by atoms with E-state index in [9.17, 15) is 8.63 Å². The van der Waals surface area contributed by atoms with Crippen molar-refractivity contribution in [1.29, 1.82) is 0 Å². The number of hydrogen-bond acceptors (Lipinski definition) is 0. The predicted octanol–water partition coefficient (Wildman–Crippen LogP) is 5.88. The standard InChI is InChI=1S/C25H21BF2N2/c1-16-19-12-6-8-14-21(19)24(29-16)23(18-10-4-3-5-11-18)25-22-15-9-7-13-20(22)17(2)30(25)26(27)28/h3-15,26,29H,1-2H3/b25-23-. The SMILES string of the molecule is CC1=[N+]([BH-](F)F)/C(=C(/c2ccccc2)c2[nH]c(C)c3ccccc23)c2ccccc21. The van der Waals surface area contributed by atoms with Crippen LogP contribution in [0.2, 0.25) is 0 Å². The number of H-pyrrole nitrogens is 1. The maximum atomic E-state index is 14.5. The van der Waals surface area contributed by atoms with E-state index in [1.54, 1.807) is 6.92 Å². The minimum absolute atomic E-state index is 0.575. The molecule has 0 atom stereocenters. The molecule has 1 aliphatic rings. The van der Waals surface area contributed by atoms with Gasteiger partial charge in [0, 0.05) is 29.0 Å². The van der Waals surface area contributed by atoms with Gasteiger partial charge in [-0.3, -0.25) is 0 Å². The van der Waals surface area contributed by atoms with Crippen LogP contribution < -0.4 is 0 Å². The van der Waals surface area contributed by atoms with Crippen LogP contribution in [0.25, 0.3) is 22.0 Å². The smallest absolute Gasteiger partial charge is 0.415 e. The van der Waals surface area contributed by atoms with Crippen LogP contribution >= 0.6 is 0 Å². The molecule has 0 amide bonds. The number of aryl methyl sites for hydroxylation is 1. The van der Waals surface area contributed by atoms with Gasteiger partial charge < -0.3 is 18.1 Å². The quantitative estimate of drug-likeness (QED) is 0.416. The van der Waals surface area contributed by atoms with E-state index >= 15 is 0 Å². The lowest BCUT2D eigenvalue weighted by atomic mass is 9.93. The molecule has 30 heavy (non-hydrogen) atoms. The maximum absolute atomic E-state index is 14.5. The third kappa shape index (κ3) is 2.73. The van der Waals surface area contributed by atoms with Crippen molar-refractivity contribution in [2.45, 2.75) is 13.8 Å². The molecule has 0 fully saturated rings. The van der Waals surface area contributed by atoms with Crippen LogP contribution in [0.4, 0.5) is 8.63 Å². The molecule has 0 saturated heterocycles. The van der Waals surface area contributed by atoms with Crippen LogP contribution in [0.15, 0.2) is 78.9 Å². The highest BCUT2D eigenvalue weighted by atomic mass is 19.2. The van der Waals surface area contributed by atoms with Gasteiger partial charge in [0.2, 0.25) is 0 Å². The molecule has 0 unspecified atom stereocenters. The molecule has 0 spiro atoms. The number of fused-ring (bicyclic) bond motifs is 2. The third-order valence-corrected chi connectivity index (χ3v) is 5.95. The largest absolute Gasteiger partial charge is 0.602 e. The molecule has 0 aliphatic carbocycles. The fraction of sp³-hybridized carbons (Fsp3) is 0.0800. The average molecular weight is 398 g/mol. The van der Waals surface area contributed by atoms with Crippen LogP contribution in [-0.2, 0) is 0 Å². The topological polar surface area (TPSA) is 18.8 Å². The van der Waals surface area contributed by atoms with Crippen LogP contribution in [-0.4, -0.2) is 22.6 Å². The highest BCUT2D eigenvalue weighted by Crippen LogP contribution is 2.41. The van der Waals surface area contributed by atoms with E-state index < -0.39 is 7.40 Å². The van der Waals surface area contributed by atoms with Gasteiger partial charge in [0.1, 0.15) is 5.71 Å². The van der Waals surface area contributed by atoms with Crippen molar-refractivity contribution in [3.05, 3.63) is 107 Å². The first-order valence-electron chi connectivity index (χ1n) is 10.1. The zero-order valence-corrected chi connectivity index (χ0v) is 16.9. The Labute approximate surface area is 174 Å². The van der Waals surface area contributed by atoms with Crippen molar-refractivity contribution in [3.63, 3.8) is 0 Å². The molecule has 2 heterocycles. The van der Waals surface area contributed by atoms with Gasteiger partial charge in [-0.05, 0) is 24.6 Å². The number of hydrogen-bond donors (Lipinski definition) is 1. The summed E-state index contributed by atoms with van der Waals surface area (Å²) < 4.78 is 30.2. The molecule has 0 radical (unpaired) electrons. The van der Waals surface area contributed by atoms with E-state index in [2.05, 4.69) is 17.1 Å². The zero-order chi connectivity index (χ0) is 20.8. The zero-order valence-electron chi connectivity index (χ0n) is 16.9. The Morgan fingerprint density at radius 3 is 2.07 bits per heavy atom. The molecular formula is C25H21BF2N2. The second kappa shape index (κ2) is 7.10. The monoisotopic (exact) mass is 398 g/mol. The van der Waals surface area contributed by atoms with E-state index in [0.29, 0.717) is 11.4 Å². The number of aromatic nitrogens is 1. The Balaban J connectivity index is 1.96. The molecular weight excluding hydrogens is 377 g/mol. The second-order valence-corrected chi connectivity index (χ2v) is 7.66. The Morgan fingerprint density at radius 2 is 1.37 bits per heavy atom. The summed E-state index contributed by atoms with van der Waals surface area (Å²) in [6.07, 6.45) is 0. The van der Waals surface area contributed by atoms with Crippen molar-refractivity contribution < 1.29 is 13.1 Å². The average Bonchev–Trinajstić information content (AvgIpc) is 3.25. The summed E-state index contributed by atoms with van der Waals surface area (Å²) in [6, 6.07) is 25.6. The fourth-order valence-corrected chi connectivity index (χ4v) is 4.58. The van der Waals surface area contributed by atoms with E-state index in [1.807, 2.05) is 73.7 Å². The lowest BCUT2D eigenvalue weighted by Gasteiger charge is -2.16. The van der Waals surface area contributed by atoms with Gasteiger partial charge >= 0.3 is 7.40 Å². The van der Waals surface area contributed by atoms with Crippen molar-refractivity contribution in [2.24, 2.45) is 0 Å². The minimum Gasteiger partial charge on any atom is -0.415 e. The highest BCUT2D eigenvalue weighted by molar-refractivity contribution is 6.37. The summed E-state index contributed by atoms with van der Waals surface area (Å²) in [5.74, 6) is 0. The van der Waals surface area contributed by atoms with Gasteiger partial charge in [-0.15, -0.1) is 0 Å². The number of rotatable bonds is 3. The minimum atomic E-state index is -3.55. The molecule has 0 bridgehead atoms. The number of nitrogens with one attached hydrogen (secondary N) is 1. The second-order valence-electron chi connectivity index (χ2n) is 7.66. The van der Waals surface area contributed by atoms with Gasteiger partial charge in [-0.1, -0.05) is 66.7 Å². The molecule has 5 rings (SSSR count). The summed E-state index contributed by atoms with van der Waals surface area (Å²) in [4.78, 5) is 3.50. The van der Waals surface area contributed by atoms with Gasteiger partial charge in [0.05, 0.1) is 16.8 Å². The molecule has 2 nitrogen and oxygen atoms in total. The molecule has 1 aliphatic heterocycles. The Hall–Kier alpha value is -3.47. The molecule has 1 N–H and O–H groups in total. The first kappa shape index (κ1) is 18.6. The summed E-state index contributed by atoms with van der Waals surface area (Å²) in [7, 11) is -3.55. The van der Waals surface area contributed by atoms with Crippen LogP contribution in [0.1, 0.15) is 35.0 Å². The lowest BCUT2D eigenvalue weighted by Crippen LogP contribution is -2.23. The van der Waals surface area contributed by atoms with Crippen molar-refractivity contribution in [3.8, 4) is 0 Å². The van der Waals surface area contributed by atoms with Gasteiger partial charge in [-0.2, -0.15) is 0 Å². The summed E-state index contributed by atoms with van der Waals surface area (Å²) in [6.45, 7) is 3.81. The third-order valence-electron chi connectivity index (χ3n) is 5.95. The number of benzene rings is 3. The molecule has 4 aromatic rings. The molecule has 3 aromatic carbocycles. The Bertz CT molecular complexity index is 1330. The van der Waals surface area contributed by atoms with Crippen molar-refractivity contribution in [2.75, 3.05) is 0 Å². The molecule has 5 heteroatoms. The summed E-state index contributed by atoms with van der Waals surface area (Å²) in [5, 5.41) is 2.14. The van der Waals surface area contributed by atoms with Crippen molar-refractivity contribution in [1.82, 2.24) is 4.98 Å². The summed E-state index contributed by atoms with van der Waals surface area (Å²) >= 11 is 0. The van der Waals surface area contributed by atoms with Crippen LogP contribution in [0, 0.1) is 6.92 Å². The Kier molecular flexibility index (Phi) is 4.39. The number of halogens is 2. The lowest BCUT2D eigenvalue weighted by molar-refractivity contribution is -0.296. The van der Waals surface area contributed by atoms with E-state index in [-0.39, 0.29) is 0 Å². The summed E-state index contributed by atoms with van der Waals surface area (Å²) in [5.41, 5.74) is 6.50. The van der Waals surface area contributed by atoms with Crippen LogP contribution in [0.3, 0.4) is 0 Å². The predicted molar refractivity (Wildman–Crippen MR) is 121 cm³/mol.